The second kappa shape index (κ2) is 23.2. The molecule has 2 fully saturated rings. The summed E-state index contributed by atoms with van der Waals surface area (Å²) in [5.41, 5.74) is 5.33. The number of ketones is 2. The van der Waals surface area contributed by atoms with Gasteiger partial charge in [0.05, 0.1) is 17.4 Å². The van der Waals surface area contributed by atoms with Gasteiger partial charge in [-0.15, -0.1) is 0 Å². The lowest BCUT2D eigenvalue weighted by Crippen LogP contribution is -2.23. The van der Waals surface area contributed by atoms with Gasteiger partial charge in [0.2, 0.25) is 0 Å². The summed E-state index contributed by atoms with van der Waals surface area (Å²) in [6.45, 7) is 4.46. The number of carbonyl (C=O) groups excluding carboxylic acids is 4. The fourth-order valence-electron chi connectivity index (χ4n) is 12.4. The first-order valence-electron chi connectivity index (χ1n) is 25.9. The molecule has 7 rings (SSSR count). The van der Waals surface area contributed by atoms with Gasteiger partial charge < -0.3 is 9.59 Å². The summed E-state index contributed by atoms with van der Waals surface area (Å²) in [5.74, 6) is 0.677. The molecule has 0 spiro atoms. The average molecular weight is 893 g/mol. The number of rotatable bonds is 25. The zero-order valence-corrected chi connectivity index (χ0v) is 39.4. The normalized spacial score (nSPS) is 24.6. The Morgan fingerprint density at radius 2 is 1.49 bits per heavy atom. The van der Waals surface area contributed by atoms with E-state index in [1.165, 1.54) is 107 Å². The van der Waals surface area contributed by atoms with E-state index < -0.39 is 29.5 Å². The molecule has 2 aromatic carbocycles. The molecule has 4 nitrogen and oxygen atoms in total. The molecule has 0 bridgehead atoms. The number of unbranched alkanes of at least 4 members (excludes halogenated alkanes) is 5. The van der Waals surface area contributed by atoms with Crippen LogP contribution < -0.4 is 0 Å². The molecule has 352 valence electrons. The summed E-state index contributed by atoms with van der Waals surface area (Å²) < 4.78 is 43.8. The van der Waals surface area contributed by atoms with Crippen LogP contribution in [0.2, 0.25) is 0 Å². The lowest BCUT2D eigenvalue weighted by Gasteiger charge is -2.34. The molecule has 5 unspecified atom stereocenters. The minimum absolute atomic E-state index is 0.0408. The number of Topliss-reactive ketones (excluding diaryl/α,β-unsaturated/α-hetero) is 2. The van der Waals surface area contributed by atoms with E-state index in [0.717, 1.165) is 73.7 Å². The van der Waals surface area contributed by atoms with Crippen LogP contribution in [-0.4, -0.2) is 30.3 Å². The van der Waals surface area contributed by atoms with E-state index in [1.54, 1.807) is 6.08 Å². The summed E-state index contributed by atoms with van der Waals surface area (Å²) in [7, 11) is 0. The van der Waals surface area contributed by atoms with Gasteiger partial charge in [0.1, 0.15) is 12.6 Å². The molecule has 5 aliphatic carbocycles. The maximum absolute atomic E-state index is 14.6. The number of benzene rings is 2. The molecular formula is C58H75F3O4. The van der Waals surface area contributed by atoms with E-state index in [-0.39, 0.29) is 23.1 Å². The van der Waals surface area contributed by atoms with E-state index in [0.29, 0.717) is 54.9 Å². The van der Waals surface area contributed by atoms with E-state index in [9.17, 15) is 32.3 Å². The Balaban J connectivity index is 0.841. The molecule has 0 radical (unpaired) electrons. The van der Waals surface area contributed by atoms with Crippen molar-refractivity contribution in [2.75, 3.05) is 0 Å². The highest BCUT2D eigenvalue weighted by Crippen LogP contribution is 2.49. The van der Waals surface area contributed by atoms with Crippen LogP contribution in [-0.2, 0) is 20.8 Å². The van der Waals surface area contributed by atoms with E-state index in [1.807, 2.05) is 24.3 Å². The van der Waals surface area contributed by atoms with Gasteiger partial charge >= 0.3 is 6.18 Å². The molecule has 7 heteroatoms. The summed E-state index contributed by atoms with van der Waals surface area (Å²) in [4.78, 5) is 49.8. The minimum Gasteiger partial charge on any atom is -0.303 e. The van der Waals surface area contributed by atoms with Crippen LogP contribution in [0.25, 0.3) is 0 Å². The number of halogens is 3. The van der Waals surface area contributed by atoms with Crippen molar-refractivity contribution >= 4 is 24.1 Å². The minimum atomic E-state index is -4.51. The molecule has 0 amide bonds. The van der Waals surface area contributed by atoms with Gasteiger partial charge in [-0.1, -0.05) is 164 Å². The quantitative estimate of drug-likeness (QED) is 0.0736. The van der Waals surface area contributed by atoms with Crippen LogP contribution in [0.5, 0.6) is 0 Å². The van der Waals surface area contributed by atoms with Gasteiger partial charge in [-0.25, -0.2) is 0 Å². The highest BCUT2D eigenvalue weighted by Gasteiger charge is 2.46. The molecule has 5 aliphatic rings. The van der Waals surface area contributed by atoms with Crippen molar-refractivity contribution in [2.24, 2.45) is 35.5 Å². The zero-order chi connectivity index (χ0) is 45.9. The number of allylic oxidation sites excluding steroid dienone is 6. The summed E-state index contributed by atoms with van der Waals surface area (Å²) >= 11 is 0. The van der Waals surface area contributed by atoms with Crippen LogP contribution in [0.1, 0.15) is 212 Å². The molecule has 0 aromatic heterocycles. The van der Waals surface area contributed by atoms with E-state index in [2.05, 4.69) is 38.1 Å². The van der Waals surface area contributed by atoms with Crippen molar-refractivity contribution in [2.45, 2.75) is 192 Å². The molecular weight excluding hydrogens is 818 g/mol. The number of aldehydes is 2. The summed E-state index contributed by atoms with van der Waals surface area (Å²) in [6.07, 6.45) is 27.3. The first-order valence-corrected chi connectivity index (χ1v) is 25.9. The van der Waals surface area contributed by atoms with Crippen molar-refractivity contribution in [3.05, 3.63) is 105 Å². The van der Waals surface area contributed by atoms with E-state index >= 15 is 0 Å². The Morgan fingerprint density at radius 3 is 2.15 bits per heavy atom. The number of alkyl halides is 3. The highest BCUT2D eigenvalue weighted by molar-refractivity contribution is 6.03. The van der Waals surface area contributed by atoms with Gasteiger partial charge in [0, 0.05) is 23.8 Å². The second-order valence-electron chi connectivity index (χ2n) is 20.8. The van der Waals surface area contributed by atoms with Crippen LogP contribution in [0.15, 0.2) is 77.4 Å². The Kier molecular flexibility index (Phi) is 17.5. The van der Waals surface area contributed by atoms with Crippen LogP contribution in [0, 0.1) is 35.5 Å². The first kappa shape index (κ1) is 49.0. The van der Waals surface area contributed by atoms with Crippen LogP contribution in [0.4, 0.5) is 13.2 Å². The van der Waals surface area contributed by atoms with Gasteiger partial charge in [-0.2, -0.15) is 13.2 Å². The number of hydrogen-bond donors (Lipinski definition) is 0. The fourth-order valence-corrected chi connectivity index (χ4v) is 12.4. The first-order chi connectivity index (χ1) is 31.5. The predicted molar refractivity (Wildman–Crippen MR) is 255 cm³/mol. The van der Waals surface area contributed by atoms with Crippen LogP contribution in [0.3, 0.4) is 0 Å². The molecule has 6 atom stereocenters. The fraction of sp³-hybridized carbons (Fsp3) is 0.621. The Labute approximate surface area is 387 Å². The standard InChI is InChI=1S/C58H75F3O4/c1-3-5-6-7-24-49(43-19-12-20-43)45-21-13-22-46(35-45)52-37-53-54(57(52)65)32-41(33-55(53)58(59,60)61)17-9-8-15-39-25-27-40(28-26-39)16-10-11-18-42(4-2)44-29-30-50-48(34-44)36-51(56(50)64)47(38-63)23-14-31-62/h13,21-22,29-35,37-40,42-43,47,49,51-52,54H,3-12,14-20,23-28,36H2,1-2H3/t39?,40?,42?,47?,49?,51?,52?,54-/m0/s1. The third-order valence-corrected chi connectivity index (χ3v) is 16.6. The molecule has 2 aromatic rings. The van der Waals surface area contributed by atoms with Crippen molar-refractivity contribution < 1.29 is 32.3 Å². The lowest BCUT2D eigenvalue weighted by atomic mass is 9.70. The number of carbonyl (C=O) groups is 4. The molecule has 0 heterocycles. The van der Waals surface area contributed by atoms with Gasteiger partial charge in [0.25, 0.3) is 0 Å². The molecule has 2 saturated carbocycles. The summed E-state index contributed by atoms with van der Waals surface area (Å²) in [5, 5.41) is 0. The second-order valence-corrected chi connectivity index (χ2v) is 20.8. The maximum Gasteiger partial charge on any atom is 0.416 e. The monoisotopic (exact) mass is 893 g/mol. The van der Waals surface area contributed by atoms with Crippen LogP contribution >= 0.6 is 0 Å². The molecule has 0 aliphatic heterocycles. The van der Waals surface area contributed by atoms with Crippen molar-refractivity contribution in [1.82, 2.24) is 0 Å². The SMILES string of the molecule is CCCCCCC(c1cccc(C2C=C3C(C(F)(F)F)=CC(CCCCC4CCC(CCCCC(CC)c5ccc6c(c5)CC(C(C=O)CCC=O)C6=O)CC4)=C[C@@H]3C2=O)c1)C1CCC1. The highest BCUT2D eigenvalue weighted by atomic mass is 19.4. The Morgan fingerprint density at radius 1 is 0.754 bits per heavy atom. The van der Waals surface area contributed by atoms with Gasteiger partial charge in [0.15, 0.2) is 11.6 Å². The summed E-state index contributed by atoms with van der Waals surface area (Å²) in [6, 6.07) is 14.5. The molecule has 65 heavy (non-hydrogen) atoms. The largest absolute Gasteiger partial charge is 0.416 e. The Bertz CT molecular complexity index is 2040. The zero-order valence-electron chi connectivity index (χ0n) is 39.4. The van der Waals surface area contributed by atoms with Crippen molar-refractivity contribution in [3.8, 4) is 0 Å². The van der Waals surface area contributed by atoms with E-state index in [4.69, 9.17) is 0 Å². The number of fused-ring (bicyclic) bond motifs is 2. The Hall–Kier alpha value is -3.87. The molecule has 0 N–H and O–H groups in total. The van der Waals surface area contributed by atoms with Gasteiger partial charge in [-0.05, 0) is 121 Å². The third kappa shape index (κ3) is 12.2. The van der Waals surface area contributed by atoms with Gasteiger partial charge in [-0.3, -0.25) is 9.59 Å². The average Bonchev–Trinajstić information content (AvgIpc) is 3.80. The number of hydrogen-bond acceptors (Lipinski definition) is 4. The predicted octanol–water partition coefficient (Wildman–Crippen LogP) is 15.4. The molecule has 0 saturated heterocycles. The van der Waals surface area contributed by atoms with Crippen molar-refractivity contribution in [3.63, 3.8) is 0 Å². The smallest absolute Gasteiger partial charge is 0.303 e. The topological polar surface area (TPSA) is 68.3 Å². The maximum atomic E-state index is 14.6. The lowest BCUT2D eigenvalue weighted by molar-refractivity contribution is -0.120. The van der Waals surface area contributed by atoms with Crippen molar-refractivity contribution in [1.29, 1.82) is 0 Å². The third-order valence-electron chi connectivity index (χ3n) is 16.6.